The molecular weight excluding hydrogens is 336 g/mol. The summed E-state index contributed by atoms with van der Waals surface area (Å²) in [6, 6.07) is 13.2. The van der Waals surface area contributed by atoms with Crippen LogP contribution in [-0.4, -0.2) is 32.9 Å². The third-order valence-corrected chi connectivity index (χ3v) is 4.53. The monoisotopic (exact) mass is 354 g/mol. The average molecular weight is 354 g/mol. The summed E-state index contributed by atoms with van der Waals surface area (Å²) in [6.45, 7) is 4.39. The topological polar surface area (TPSA) is 72.1 Å². The Labute approximate surface area is 150 Å². The SMILES string of the molecule is CCN(C(=O)C(C)Sc1nnc(-c2ccncc2)o1)c1ccccc1. The zero-order valence-electron chi connectivity index (χ0n) is 14.0. The van der Waals surface area contributed by atoms with Crippen LogP contribution in [0.2, 0.25) is 0 Å². The van der Waals surface area contributed by atoms with Crippen molar-refractivity contribution in [3.63, 3.8) is 0 Å². The highest BCUT2D eigenvalue weighted by Crippen LogP contribution is 2.27. The van der Waals surface area contributed by atoms with Crippen molar-refractivity contribution in [2.75, 3.05) is 11.4 Å². The molecule has 0 saturated carbocycles. The van der Waals surface area contributed by atoms with Crippen LogP contribution in [0.1, 0.15) is 13.8 Å². The van der Waals surface area contributed by atoms with Crippen LogP contribution in [0.4, 0.5) is 5.69 Å². The molecule has 0 spiro atoms. The van der Waals surface area contributed by atoms with Gasteiger partial charge in [-0.05, 0) is 38.1 Å². The Bertz CT molecular complexity index is 823. The molecule has 1 amide bonds. The summed E-state index contributed by atoms with van der Waals surface area (Å²) < 4.78 is 5.65. The van der Waals surface area contributed by atoms with Crippen LogP contribution in [0.3, 0.4) is 0 Å². The van der Waals surface area contributed by atoms with Crippen molar-refractivity contribution in [3.05, 3.63) is 54.9 Å². The second-order valence-corrected chi connectivity index (χ2v) is 6.58. The summed E-state index contributed by atoms with van der Waals surface area (Å²) in [6.07, 6.45) is 3.33. The summed E-state index contributed by atoms with van der Waals surface area (Å²) in [5.74, 6) is 0.419. The fourth-order valence-corrected chi connectivity index (χ4v) is 3.11. The Kier molecular flexibility index (Phi) is 5.45. The van der Waals surface area contributed by atoms with Crippen molar-refractivity contribution in [1.29, 1.82) is 0 Å². The molecule has 7 heteroatoms. The molecule has 1 atom stereocenters. The maximum absolute atomic E-state index is 12.8. The Morgan fingerprint density at radius 1 is 1.16 bits per heavy atom. The van der Waals surface area contributed by atoms with Gasteiger partial charge in [-0.3, -0.25) is 9.78 Å². The molecule has 1 aromatic carbocycles. The first kappa shape index (κ1) is 17.2. The largest absolute Gasteiger partial charge is 0.411 e. The fraction of sp³-hybridized carbons (Fsp3) is 0.222. The molecule has 1 unspecified atom stereocenters. The quantitative estimate of drug-likeness (QED) is 0.629. The van der Waals surface area contributed by atoms with Gasteiger partial charge in [0.15, 0.2) is 0 Å². The van der Waals surface area contributed by atoms with E-state index in [9.17, 15) is 4.79 Å². The average Bonchev–Trinajstić information content (AvgIpc) is 3.12. The maximum atomic E-state index is 12.8. The highest BCUT2D eigenvalue weighted by molar-refractivity contribution is 8.00. The lowest BCUT2D eigenvalue weighted by atomic mass is 10.2. The highest BCUT2D eigenvalue weighted by atomic mass is 32.2. The van der Waals surface area contributed by atoms with Crippen molar-refractivity contribution in [2.24, 2.45) is 0 Å². The number of rotatable bonds is 6. The molecular formula is C18H18N4O2S. The van der Waals surface area contributed by atoms with Crippen LogP contribution in [0.5, 0.6) is 0 Å². The van der Waals surface area contributed by atoms with Gasteiger partial charge in [0.05, 0.1) is 5.25 Å². The molecule has 0 aliphatic carbocycles. The van der Waals surface area contributed by atoms with E-state index in [0.29, 0.717) is 17.7 Å². The summed E-state index contributed by atoms with van der Waals surface area (Å²) >= 11 is 1.26. The first-order valence-electron chi connectivity index (χ1n) is 7.96. The minimum Gasteiger partial charge on any atom is -0.411 e. The summed E-state index contributed by atoms with van der Waals surface area (Å²) in [5.41, 5.74) is 1.68. The van der Waals surface area contributed by atoms with E-state index in [1.54, 1.807) is 29.4 Å². The number of hydrogen-bond acceptors (Lipinski definition) is 6. The molecule has 3 rings (SSSR count). The van der Waals surface area contributed by atoms with Gasteiger partial charge in [0.2, 0.25) is 11.8 Å². The van der Waals surface area contributed by atoms with Crippen molar-refractivity contribution in [2.45, 2.75) is 24.3 Å². The molecule has 2 aromatic heterocycles. The van der Waals surface area contributed by atoms with Crippen LogP contribution in [0.25, 0.3) is 11.5 Å². The van der Waals surface area contributed by atoms with Gasteiger partial charge in [-0.1, -0.05) is 30.0 Å². The number of carbonyl (C=O) groups excluding carboxylic acids is 1. The molecule has 0 bridgehead atoms. The van der Waals surface area contributed by atoms with Crippen LogP contribution in [-0.2, 0) is 4.79 Å². The number of thioether (sulfide) groups is 1. The van der Waals surface area contributed by atoms with Gasteiger partial charge in [-0.25, -0.2) is 0 Å². The molecule has 6 nitrogen and oxygen atoms in total. The number of amides is 1. The van der Waals surface area contributed by atoms with E-state index < -0.39 is 0 Å². The first-order chi connectivity index (χ1) is 12.2. The van der Waals surface area contributed by atoms with Crippen molar-refractivity contribution in [3.8, 4) is 11.5 Å². The Hall–Kier alpha value is -2.67. The number of carbonyl (C=O) groups is 1. The second kappa shape index (κ2) is 7.94. The molecule has 0 aliphatic heterocycles. The highest BCUT2D eigenvalue weighted by Gasteiger charge is 2.24. The fourth-order valence-electron chi connectivity index (χ4n) is 2.36. The van der Waals surface area contributed by atoms with E-state index >= 15 is 0 Å². The lowest BCUT2D eigenvalue weighted by molar-refractivity contribution is -0.117. The lowest BCUT2D eigenvalue weighted by Crippen LogP contribution is -2.36. The molecule has 0 aliphatic rings. The third kappa shape index (κ3) is 4.06. The standard InChI is InChI=1S/C18H18N4O2S/c1-3-22(15-7-5-4-6-8-15)17(23)13(2)25-18-21-20-16(24-18)14-9-11-19-12-10-14/h4-13H,3H2,1-2H3. The summed E-state index contributed by atoms with van der Waals surface area (Å²) in [5, 5.41) is 8.09. The molecule has 0 fully saturated rings. The molecule has 0 N–H and O–H groups in total. The van der Waals surface area contributed by atoms with Gasteiger partial charge in [0.25, 0.3) is 5.22 Å². The lowest BCUT2D eigenvalue weighted by Gasteiger charge is -2.23. The van der Waals surface area contributed by atoms with Gasteiger partial charge in [-0.15, -0.1) is 10.2 Å². The molecule has 3 aromatic rings. The zero-order chi connectivity index (χ0) is 17.6. The second-order valence-electron chi connectivity index (χ2n) is 5.29. The molecule has 0 radical (unpaired) electrons. The number of aromatic nitrogens is 3. The van der Waals surface area contributed by atoms with Gasteiger partial charge in [-0.2, -0.15) is 0 Å². The molecule has 25 heavy (non-hydrogen) atoms. The normalized spacial score (nSPS) is 11.9. The minimum atomic E-state index is -0.342. The van der Waals surface area contributed by atoms with Crippen LogP contribution >= 0.6 is 11.8 Å². The maximum Gasteiger partial charge on any atom is 0.277 e. The van der Waals surface area contributed by atoms with Crippen LogP contribution < -0.4 is 4.90 Å². The molecule has 128 valence electrons. The Morgan fingerprint density at radius 2 is 1.88 bits per heavy atom. The number of benzene rings is 1. The van der Waals surface area contributed by atoms with Crippen LogP contribution in [0.15, 0.2) is 64.5 Å². The van der Waals surface area contributed by atoms with Crippen molar-refractivity contribution in [1.82, 2.24) is 15.2 Å². The van der Waals surface area contributed by atoms with E-state index in [0.717, 1.165) is 11.3 Å². The predicted octanol–water partition coefficient (Wildman–Crippen LogP) is 3.67. The molecule has 2 heterocycles. The number of anilines is 1. The van der Waals surface area contributed by atoms with E-state index in [1.807, 2.05) is 44.2 Å². The number of pyridine rings is 1. The zero-order valence-corrected chi connectivity index (χ0v) is 14.8. The first-order valence-corrected chi connectivity index (χ1v) is 8.84. The minimum absolute atomic E-state index is 0.00219. The predicted molar refractivity (Wildman–Crippen MR) is 97.3 cm³/mol. The van der Waals surface area contributed by atoms with Gasteiger partial charge in [0, 0.05) is 30.2 Å². The van der Waals surface area contributed by atoms with Crippen molar-refractivity contribution >= 4 is 23.4 Å². The van der Waals surface area contributed by atoms with E-state index in [2.05, 4.69) is 15.2 Å². The third-order valence-electron chi connectivity index (χ3n) is 3.61. The number of para-hydroxylation sites is 1. The van der Waals surface area contributed by atoms with E-state index in [4.69, 9.17) is 4.42 Å². The number of nitrogens with zero attached hydrogens (tertiary/aromatic N) is 4. The Morgan fingerprint density at radius 3 is 2.56 bits per heavy atom. The van der Waals surface area contributed by atoms with Crippen LogP contribution in [0, 0.1) is 0 Å². The van der Waals surface area contributed by atoms with E-state index in [-0.39, 0.29) is 11.2 Å². The van der Waals surface area contributed by atoms with Gasteiger partial charge >= 0.3 is 0 Å². The summed E-state index contributed by atoms with van der Waals surface area (Å²) in [4.78, 5) is 18.5. The Balaban J connectivity index is 1.70. The molecule has 0 saturated heterocycles. The van der Waals surface area contributed by atoms with E-state index in [1.165, 1.54) is 11.8 Å². The van der Waals surface area contributed by atoms with Gasteiger partial charge < -0.3 is 9.32 Å². The smallest absolute Gasteiger partial charge is 0.277 e. The number of hydrogen-bond donors (Lipinski definition) is 0. The van der Waals surface area contributed by atoms with Crippen molar-refractivity contribution < 1.29 is 9.21 Å². The summed E-state index contributed by atoms with van der Waals surface area (Å²) in [7, 11) is 0. The van der Waals surface area contributed by atoms with Gasteiger partial charge in [0.1, 0.15) is 0 Å².